The summed E-state index contributed by atoms with van der Waals surface area (Å²) in [7, 11) is -2.45. The number of H-pyrrole nitrogens is 1. The number of hydrogen-bond donors (Lipinski definition) is 15. The second-order valence-electron chi connectivity index (χ2n) is 21.7. The van der Waals surface area contributed by atoms with Crippen molar-refractivity contribution in [3.8, 4) is 5.75 Å². The Morgan fingerprint density at radius 1 is 0.869 bits per heavy atom. The van der Waals surface area contributed by atoms with E-state index in [1.807, 2.05) is 0 Å². The largest absolute Gasteiger partial charge is 0.489 e. The third kappa shape index (κ3) is 16.0. The van der Waals surface area contributed by atoms with Crippen molar-refractivity contribution < 1.29 is 77.0 Å². The normalized spacial score (nSPS) is 25.9. The number of aliphatic hydroxyl groups excluding tert-OH is 3. The molecule has 29 nitrogen and oxygen atoms in total. The van der Waals surface area contributed by atoms with Gasteiger partial charge in [0, 0.05) is 42.4 Å². The molecule has 458 valence electrons. The number of aldehydes is 1. The quantitative estimate of drug-likeness (QED) is 0.0600. The van der Waals surface area contributed by atoms with E-state index >= 15 is 4.21 Å². The fourth-order valence-corrected chi connectivity index (χ4v) is 11.1. The summed E-state index contributed by atoms with van der Waals surface area (Å²) in [5, 5.41) is 55.3. The Morgan fingerprint density at radius 3 is 2.17 bits per heavy atom. The summed E-state index contributed by atoms with van der Waals surface area (Å²) in [6, 6.07) is 0.815. The lowest BCUT2D eigenvalue weighted by Crippen LogP contribution is -2.69. The van der Waals surface area contributed by atoms with Gasteiger partial charge in [0.1, 0.15) is 47.6 Å². The Hall–Kier alpha value is -7.90. The minimum atomic E-state index is -2.45. The summed E-state index contributed by atoms with van der Waals surface area (Å²) < 4.78 is 21.2. The summed E-state index contributed by atoms with van der Waals surface area (Å²) in [5.41, 5.74) is 10.5. The van der Waals surface area contributed by atoms with Crippen LogP contribution < -0.4 is 64.1 Å². The van der Waals surface area contributed by atoms with Crippen LogP contribution in [0, 0.1) is 17.8 Å². The van der Waals surface area contributed by atoms with E-state index in [2.05, 4.69) is 52.8 Å². The standard InChI is InChI=1S/C54H75N13O16S/c1-7-26(4)44-50(79)58-18-41(73)61-38-23-84(82)52-34(33-13-12-32(14-35(33)64-52)83-22-29-8-10-30(11-9-29)60-46(75)28(6)59-49(78)43(56)25(2)3)15-36(47(76)57-19-42(74)65-44)62-51(80)45(27(5)39(71)21-68)66-54(24-69)17-31(70)20-67(54)53(81)37(16-40(55)72)63-48(38)77/h8-14,24-28,31,36-39,43-45,64,66,68,70-71H,7,15-23,56H2,1-6H3,(H2,55,72)(H,57,76)(H,58,79)(H,59,78)(H,60,75)(H,61,73)(H,62,80)(H,63,77)(H,65,74)/t26-,27-,28-,31+,36+,37?,38?,39-,43-,44-,45-,54?,84?/m0/s1. The van der Waals surface area contributed by atoms with Crippen molar-refractivity contribution in [2.24, 2.45) is 29.2 Å². The van der Waals surface area contributed by atoms with Crippen molar-refractivity contribution in [1.82, 2.24) is 52.4 Å². The summed E-state index contributed by atoms with van der Waals surface area (Å²) in [4.78, 5) is 155. The number of carbonyl (C=O) groups is 11. The lowest BCUT2D eigenvalue weighted by Gasteiger charge is -2.41. The van der Waals surface area contributed by atoms with Crippen LogP contribution in [-0.2, 0) is 76.6 Å². The second-order valence-corrected chi connectivity index (χ2v) is 23.1. The topological polar surface area (TPSA) is 454 Å². The molecule has 30 heteroatoms. The van der Waals surface area contributed by atoms with E-state index in [0.29, 0.717) is 17.7 Å². The number of aliphatic hydroxyl groups is 3. The molecule has 0 saturated carbocycles. The number of ether oxygens (including phenoxy) is 1. The van der Waals surface area contributed by atoms with Gasteiger partial charge in [0.2, 0.25) is 59.1 Å². The van der Waals surface area contributed by atoms with Crippen LogP contribution in [0.15, 0.2) is 47.5 Å². The Labute approximate surface area is 485 Å². The fraction of sp³-hybridized carbons (Fsp3) is 0.537. The predicted molar refractivity (Wildman–Crippen MR) is 300 cm³/mol. The summed E-state index contributed by atoms with van der Waals surface area (Å²) in [6.45, 7) is 6.56. The van der Waals surface area contributed by atoms with E-state index in [4.69, 9.17) is 16.2 Å². The molecule has 3 aliphatic rings. The summed E-state index contributed by atoms with van der Waals surface area (Å²) in [6.07, 6.45) is -4.80. The molecule has 6 rings (SSSR count). The smallest absolute Gasteiger partial charge is 0.247 e. The fourth-order valence-electron chi connectivity index (χ4n) is 9.74. The first kappa shape index (κ1) is 65.3. The van der Waals surface area contributed by atoms with E-state index < -0.39 is 193 Å². The molecule has 1 saturated heterocycles. The molecule has 3 aromatic rings. The molecule has 13 atom stereocenters. The molecule has 10 amide bonds. The number of aromatic amines is 1. The molecule has 84 heavy (non-hydrogen) atoms. The first-order valence-electron chi connectivity index (χ1n) is 27.4. The lowest BCUT2D eigenvalue weighted by molar-refractivity contribution is -0.147. The number of carbonyl (C=O) groups excluding carboxylic acids is 11. The zero-order valence-electron chi connectivity index (χ0n) is 47.3. The number of hydrogen-bond acceptors (Lipinski definition) is 18. The van der Waals surface area contributed by atoms with Gasteiger partial charge in [-0.25, -0.2) is 0 Å². The Kier molecular flexibility index (Phi) is 22.2. The molecule has 1 fully saturated rings. The van der Waals surface area contributed by atoms with Crippen molar-refractivity contribution >= 4 is 92.7 Å². The molecular weight excluding hydrogens is 1120 g/mol. The average molecular weight is 1190 g/mol. The molecule has 0 spiro atoms. The van der Waals surface area contributed by atoms with Gasteiger partial charge in [-0.1, -0.05) is 53.2 Å². The van der Waals surface area contributed by atoms with Crippen LogP contribution in [0.2, 0.25) is 0 Å². The second kappa shape index (κ2) is 28.6. The molecule has 3 aliphatic heterocycles. The minimum Gasteiger partial charge on any atom is -0.489 e. The number of amides is 10. The SMILES string of the molecule is CC[C@H](C)[C@@H]1NC(=O)CNC(=O)[C@H]2Cc3c([nH]c4cc(OCc5ccc(NC(=O)[C@H](C)NC(=O)[C@@H](N)C(C)C)cc5)ccc34)S(=O)CC(NC(=O)CNC1=O)C(=O)NC(CC(N)=O)C(=O)N1C[C@H](O)CC1(C=O)N[C@@H]([C@@H](C)[C@@H](O)CO)C(=O)N2. The van der Waals surface area contributed by atoms with Gasteiger partial charge in [0.25, 0.3) is 0 Å². The van der Waals surface area contributed by atoms with Crippen LogP contribution in [0.3, 0.4) is 0 Å². The Morgan fingerprint density at radius 2 is 1.54 bits per heavy atom. The molecule has 4 heterocycles. The van der Waals surface area contributed by atoms with Gasteiger partial charge in [0.15, 0.2) is 11.9 Å². The third-order valence-corrected chi connectivity index (χ3v) is 16.5. The zero-order chi connectivity index (χ0) is 61.9. The van der Waals surface area contributed by atoms with Crippen LogP contribution in [0.1, 0.15) is 71.9 Å². The number of anilines is 1. The van der Waals surface area contributed by atoms with E-state index in [9.17, 15) is 68.1 Å². The first-order chi connectivity index (χ1) is 39.7. The van der Waals surface area contributed by atoms with Gasteiger partial charge in [-0.2, -0.15) is 0 Å². The minimum absolute atomic E-state index is 0.0253. The van der Waals surface area contributed by atoms with E-state index in [0.717, 1.165) is 4.90 Å². The van der Waals surface area contributed by atoms with E-state index in [-0.39, 0.29) is 46.1 Å². The van der Waals surface area contributed by atoms with Gasteiger partial charge in [-0.3, -0.25) is 62.3 Å². The zero-order valence-corrected chi connectivity index (χ0v) is 48.1. The van der Waals surface area contributed by atoms with Crippen LogP contribution in [-0.4, -0.2) is 187 Å². The van der Waals surface area contributed by atoms with Gasteiger partial charge in [-0.15, -0.1) is 0 Å². The number of nitrogens with one attached hydrogen (secondary N) is 10. The van der Waals surface area contributed by atoms with Crippen molar-refractivity contribution in [3.05, 3.63) is 53.6 Å². The molecule has 0 radical (unpaired) electrons. The van der Waals surface area contributed by atoms with Gasteiger partial charge in [-0.05, 0) is 54.2 Å². The van der Waals surface area contributed by atoms with Crippen molar-refractivity contribution in [2.75, 3.05) is 37.3 Å². The first-order valence-corrected chi connectivity index (χ1v) is 28.7. The predicted octanol–water partition coefficient (Wildman–Crippen LogP) is -4.62. The number of benzene rings is 2. The Bertz CT molecular complexity index is 3020. The maximum atomic E-state index is 15.1. The third-order valence-electron chi connectivity index (χ3n) is 15.0. The average Bonchev–Trinajstić information content (AvgIpc) is 2.43. The number of rotatable bonds is 16. The molecule has 1 aromatic heterocycles. The van der Waals surface area contributed by atoms with Gasteiger partial charge in [0.05, 0.1) is 72.5 Å². The number of primary amides is 1. The van der Waals surface area contributed by atoms with Gasteiger partial charge < -0.3 is 83.9 Å². The maximum Gasteiger partial charge on any atom is 0.247 e. The number of aromatic nitrogens is 1. The monoisotopic (exact) mass is 1190 g/mol. The molecule has 4 unspecified atom stereocenters. The van der Waals surface area contributed by atoms with Crippen molar-refractivity contribution in [3.63, 3.8) is 0 Å². The van der Waals surface area contributed by atoms with Crippen molar-refractivity contribution in [1.29, 1.82) is 0 Å². The molecular formula is C54H75N13O16S. The van der Waals surface area contributed by atoms with E-state index in [1.54, 1.807) is 64.1 Å². The highest BCUT2D eigenvalue weighted by Gasteiger charge is 2.53. The Balaban J connectivity index is 1.46. The molecule has 0 aliphatic carbocycles. The van der Waals surface area contributed by atoms with Crippen LogP contribution >= 0.6 is 0 Å². The maximum absolute atomic E-state index is 15.1. The number of nitrogens with two attached hydrogens (primary N) is 2. The van der Waals surface area contributed by atoms with Crippen molar-refractivity contribution in [2.45, 2.75) is 139 Å². The summed E-state index contributed by atoms with van der Waals surface area (Å²) >= 11 is 0. The number of fused-ring (bicyclic) bond motifs is 5. The number of nitrogens with zero attached hydrogens (tertiary/aromatic N) is 1. The highest BCUT2D eigenvalue weighted by atomic mass is 32.2. The van der Waals surface area contributed by atoms with Crippen LogP contribution in [0.4, 0.5) is 5.69 Å². The van der Waals surface area contributed by atoms with Crippen LogP contribution in [0.25, 0.3) is 10.9 Å². The summed E-state index contributed by atoms with van der Waals surface area (Å²) in [5.74, 6) is -12.1. The highest BCUT2D eigenvalue weighted by molar-refractivity contribution is 7.85. The lowest BCUT2D eigenvalue weighted by atomic mass is 9.92. The molecule has 2 aromatic carbocycles. The highest BCUT2D eigenvalue weighted by Crippen LogP contribution is 2.32. The van der Waals surface area contributed by atoms with Crippen LogP contribution in [0.5, 0.6) is 5.75 Å². The molecule has 2 bridgehead atoms. The molecule has 17 N–H and O–H groups in total. The van der Waals surface area contributed by atoms with E-state index in [1.165, 1.54) is 19.9 Å². The van der Waals surface area contributed by atoms with Gasteiger partial charge >= 0.3 is 0 Å².